The molecule has 0 aromatic heterocycles. The third-order valence-corrected chi connectivity index (χ3v) is 4.04. The molecule has 0 fully saturated rings. The molecule has 0 saturated heterocycles. The van der Waals surface area contributed by atoms with Crippen LogP contribution in [0.1, 0.15) is 17.3 Å². The smallest absolute Gasteiger partial charge is 0.286 e. The van der Waals surface area contributed by atoms with Crippen LogP contribution in [0.15, 0.2) is 24.3 Å². The summed E-state index contributed by atoms with van der Waals surface area (Å²) in [6, 6.07) is 5.32. The normalized spacial score (nSPS) is 10.2. The summed E-state index contributed by atoms with van der Waals surface area (Å²) in [7, 11) is 4.17. The van der Waals surface area contributed by atoms with E-state index in [0.29, 0.717) is 5.75 Å². The molecule has 0 aliphatic carbocycles. The van der Waals surface area contributed by atoms with E-state index in [2.05, 4.69) is 5.32 Å². The fourth-order valence-electron chi connectivity index (χ4n) is 2.46. The molecule has 0 saturated carbocycles. The van der Waals surface area contributed by atoms with Crippen LogP contribution in [0.2, 0.25) is 5.02 Å². The minimum atomic E-state index is -0.738. The van der Waals surface area contributed by atoms with Crippen LogP contribution in [0.4, 0.5) is 11.4 Å². The Balaban J connectivity index is 2.51. The van der Waals surface area contributed by atoms with Crippen LogP contribution in [0.5, 0.6) is 23.0 Å². The Morgan fingerprint density at radius 3 is 2.21 bits per heavy atom. The van der Waals surface area contributed by atoms with Gasteiger partial charge in [0.15, 0.2) is 11.5 Å². The average Bonchev–Trinajstić information content (AvgIpc) is 2.68. The summed E-state index contributed by atoms with van der Waals surface area (Å²) in [5, 5.41) is 14.3. The molecule has 0 atom stereocenters. The molecule has 0 unspecified atom stereocenters. The summed E-state index contributed by atoms with van der Waals surface area (Å²) < 4.78 is 20.9. The second-order valence-corrected chi connectivity index (χ2v) is 5.76. The molecule has 0 spiro atoms. The molecule has 2 rings (SSSR count). The zero-order valence-electron chi connectivity index (χ0n) is 15.7. The van der Waals surface area contributed by atoms with Crippen LogP contribution in [-0.2, 0) is 0 Å². The van der Waals surface area contributed by atoms with E-state index in [0.717, 1.165) is 6.07 Å². The number of anilines is 1. The number of methoxy groups -OCH3 is 3. The monoisotopic (exact) mass is 410 g/mol. The van der Waals surface area contributed by atoms with Gasteiger partial charge in [0.2, 0.25) is 0 Å². The second-order valence-electron chi connectivity index (χ2n) is 5.35. The molecule has 2 aromatic rings. The molecule has 0 bridgehead atoms. The zero-order valence-corrected chi connectivity index (χ0v) is 16.5. The molecule has 9 nitrogen and oxygen atoms in total. The summed E-state index contributed by atoms with van der Waals surface area (Å²) >= 11 is 6.05. The van der Waals surface area contributed by atoms with E-state index in [-0.39, 0.29) is 40.1 Å². The van der Waals surface area contributed by atoms with Crippen molar-refractivity contribution in [3.05, 3.63) is 45.0 Å². The van der Waals surface area contributed by atoms with Crippen molar-refractivity contribution in [2.75, 3.05) is 33.3 Å². The predicted octanol–water partition coefficient (Wildman–Crippen LogP) is 3.93. The molecule has 1 N–H and O–H groups in total. The lowest BCUT2D eigenvalue weighted by molar-refractivity contribution is -0.385. The van der Waals surface area contributed by atoms with E-state index < -0.39 is 16.5 Å². The van der Waals surface area contributed by atoms with Gasteiger partial charge in [0.05, 0.1) is 49.6 Å². The number of nitro groups is 1. The van der Waals surface area contributed by atoms with Gasteiger partial charge in [-0.05, 0) is 6.92 Å². The Labute approximate surface area is 166 Å². The van der Waals surface area contributed by atoms with Gasteiger partial charge in [0.1, 0.15) is 17.1 Å². The van der Waals surface area contributed by atoms with E-state index in [1.807, 2.05) is 0 Å². The van der Waals surface area contributed by atoms with Crippen molar-refractivity contribution >= 4 is 28.9 Å². The lowest BCUT2D eigenvalue weighted by Gasteiger charge is -2.14. The largest absolute Gasteiger partial charge is 0.495 e. The minimum Gasteiger partial charge on any atom is -0.495 e. The van der Waals surface area contributed by atoms with E-state index >= 15 is 0 Å². The number of nitro benzene ring substituents is 1. The number of halogens is 1. The number of amides is 1. The van der Waals surface area contributed by atoms with Gasteiger partial charge in [0, 0.05) is 18.2 Å². The van der Waals surface area contributed by atoms with Gasteiger partial charge in [-0.2, -0.15) is 0 Å². The number of nitrogens with one attached hydrogen (secondary N) is 1. The number of nitrogens with zero attached hydrogens (tertiary/aromatic N) is 1. The highest BCUT2D eigenvalue weighted by Gasteiger charge is 2.26. The van der Waals surface area contributed by atoms with Crippen molar-refractivity contribution in [1.29, 1.82) is 0 Å². The number of hydrogen-bond acceptors (Lipinski definition) is 7. The van der Waals surface area contributed by atoms with Crippen LogP contribution in [0, 0.1) is 10.1 Å². The fraction of sp³-hybridized carbons (Fsp3) is 0.278. The first-order valence-corrected chi connectivity index (χ1v) is 8.46. The quantitative estimate of drug-likeness (QED) is 0.518. The van der Waals surface area contributed by atoms with Gasteiger partial charge in [-0.15, -0.1) is 0 Å². The summed E-state index contributed by atoms with van der Waals surface area (Å²) in [6.45, 7) is 2.03. The summed E-state index contributed by atoms with van der Waals surface area (Å²) in [5.74, 6) is 0.188. The second kappa shape index (κ2) is 9.14. The first-order chi connectivity index (χ1) is 13.4. The van der Waals surface area contributed by atoms with Crippen molar-refractivity contribution in [1.82, 2.24) is 0 Å². The third kappa shape index (κ3) is 4.37. The van der Waals surface area contributed by atoms with E-state index in [4.69, 9.17) is 30.5 Å². The van der Waals surface area contributed by atoms with Crippen molar-refractivity contribution in [3.63, 3.8) is 0 Å². The van der Waals surface area contributed by atoms with Gasteiger partial charge in [-0.3, -0.25) is 14.9 Å². The molecule has 150 valence electrons. The van der Waals surface area contributed by atoms with Gasteiger partial charge in [-0.1, -0.05) is 11.6 Å². The standard InChI is InChI=1S/C18H19ClN2O7/c1-5-28-17-6-10(13(21(23)24)9-16(17)27-4)18(22)20-12-8-14(25-2)11(19)7-15(12)26-3/h6-9H,5H2,1-4H3,(H,20,22). The fourth-order valence-corrected chi connectivity index (χ4v) is 2.69. The van der Waals surface area contributed by atoms with Crippen LogP contribution in [0.3, 0.4) is 0 Å². The molecule has 28 heavy (non-hydrogen) atoms. The first kappa shape index (κ1) is 21.1. The average molecular weight is 411 g/mol. The number of hydrogen-bond donors (Lipinski definition) is 1. The molecular weight excluding hydrogens is 392 g/mol. The van der Waals surface area contributed by atoms with E-state index in [1.165, 1.54) is 39.5 Å². The van der Waals surface area contributed by atoms with Crippen LogP contribution in [-0.4, -0.2) is 38.8 Å². The third-order valence-electron chi connectivity index (χ3n) is 3.75. The molecule has 0 aliphatic heterocycles. The Kier molecular flexibility index (Phi) is 6.89. The van der Waals surface area contributed by atoms with Gasteiger partial charge in [0.25, 0.3) is 11.6 Å². The summed E-state index contributed by atoms with van der Waals surface area (Å²) in [5.41, 5.74) is -0.403. The van der Waals surface area contributed by atoms with Crippen molar-refractivity contribution < 1.29 is 28.7 Å². The van der Waals surface area contributed by atoms with Crippen LogP contribution < -0.4 is 24.3 Å². The lowest BCUT2D eigenvalue weighted by Crippen LogP contribution is -2.15. The maximum absolute atomic E-state index is 12.8. The SMILES string of the molecule is CCOc1cc(C(=O)Nc2cc(OC)c(Cl)cc2OC)c([N+](=O)[O-])cc1OC. The van der Waals surface area contributed by atoms with Gasteiger partial charge < -0.3 is 24.3 Å². The Morgan fingerprint density at radius 1 is 1.04 bits per heavy atom. The maximum atomic E-state index is 12.8. The molecule has 0 aliphatic rings. The van der Waals surface area contributed by atoms with E-state index in [9.17, 15) is 14.9 Å². The topological polar surface area (TPSA) is 109 Å². The highest BCUT2D eigenvalue weighted by molar-refractivity contribution is 6.32. The summed E-state index contributed by atoms with van der Waals surface area (Å²) in [4.78, 5) is 23.6. The number of carbonyl (C=O) groups excluding carboxylic acids is 1. The number of rotatable bonds is 8. The Morgan fingerprint density at radius 2 is 1.68 bits per heavy atom. The van der Waals surface area contributed by atoms with Crippen molar-refractivity contribution in [3.8, 4) is 23.0 Å². The molecule has 1 amide bonds. The zero-order chi connectivity index (χ0) is 20.8. The highest BCUT2D eigenvalue weighted by atomic mass is 35.5. The molecule has 10 heteroatoms. The van der Waals surface area contributed by atoms with Gasteiger partial charge in [-0.25, -0.2) is 0 Å². The summed E-state index contributed by atoms with van der Waals surface area (Å²) in [6.07, 6.45) is 0. The predicted molar refractivity (Wildman–Crippen MR) is 103 cm³/mol. The molecule has 2 aromatic carbocycles. The molecule has 0 radical (unpaired) electrons. The van der Waals surface area contributed by atoms with Gasteiger partial charge >= 0.3 is 0 Å². The Hall–Kier alpha value is -3.20. The van der Waals surface area contributed by atoms with Crippen LogP contribution in [0.25, 0.3) is 0 Å². The first-order valence-electron chi connectivity index (χ1n) is 8.08. The number of benzene rings is 2. The minimum absolute atomic E-state index is 0.149. The van der Waals surface area contributed by atoms with Crippen LogP contribution >= 0.6 is 11.6 Å². The Bertz CT molecular complexity index is 902. The van der Waals surface area contributed by atoms with Crippen molar-refractivity contribution in [2.45, 2.75) is 6.92 Å². The number of ether oxygens (including phenoxy) is 4. The van der Waals surface area contributed by atoms with E-state index in [1.54, 1.807) is 6.92 Å². The van der Waals surface area contributed by atoms with Crippen molar-refractivity contribution in [2.24, 2.45) is 0 Å². The molecule has 0 heterocycles. The number of carbonyl (C=O) groups is 1. The highest BCUT2D eigenvalue weighted by Crippen LogP contribution is 2.38. The maximum Gasteiger partial charge on any atom is 0.286 e. The molecular formula is C18H19ClN2O7. The lowest BCUT2D eigenvalue weighted by atomic mass is 10.1.